The van der Waals surface area contributed by atoms with Gasteiger partial charge in [-0.15, -0.1) is 0 Å². The molecule has 9 aliphatic rings. The predicted octanol–water partition coefficient (Wildman–Crippen LogP) is -2.05. The lowest BCUT2D eigenvalue weighted by Crippen LogP contribution is -2.70. The van der Waals surface area contributed by atoms with Crippen molar-refractivity contribution in [3.8, 4) is 0 Å². The molecular weight excluding hydrogens is 1100 g/mol. The van der Waals surface area contributed by atoms with Crippen LogP contribution in [0.1, 0.15) is 113 Å². The first kappa shape index (κ1) is 65.4. The molecule has 3 unspecified atom stereocenters. The second kappa shape index (κ2) is 24.1. The van der Waals surface area contributed by atoms with Crippen LogP contribution in [-0.4, -0.2) is 250 Å². The number of ketones is 1. The van der Waals surface area contributed by atoms with Crippen LogP contribution in [0.5, 0.6) is 0 Å². The Hall–Kier alpha value is -2.00. The topological polar surface area (TPSA) is 411 Å². The molecule has 0 aromatic rings. The Balaban J connectivity index is 1.06. The molecule has 4 aliphatic heterocycles. The van der Waals surface area contributed by atoms with Gasteiger partial charge >= 0.3 is 5.97 Å². The van der Waals surface area contributed by atoms with Crippen LogP contribution in [0.2, 0.25) is 0 Å². The Bertz CT molecular complexity index is 2320. The smallest absolute Gasteiger partial charge is 0.335 e. The van der Waals surface area contributed by atoms with Gasteiger partial charge in [0, 0.05) is 22.7 Å². The number of allylic oxidation sites excluding steroid dienone is 2. The van der Waals surface area contributed by atoms with E-state index in [9.17, 15) is 86.2 Å². The largest absolute Gasteiger partial charge is 0.479 e. The van der Waals surface area contributed by atoms with Crippen molar-refractivity contribution in [2.45, 2.75) is 242 Å². The number of carbonyl (C=O) groups is 2. The zero-order valence-electron chi connectivity index (χ0n) is 48.8. The molecule has 8 fully saturated rings. The van der Waals surface area contributed by atoms with E-state index in [2.05, 4.69) is 40.7 Å². The van der Waals surface area contributed by atoms with E-state index >= 15 is 0 Å². The summed E-state index contributed by atoms with van der Waals surface area (Å²) in [6, 6.07) is 0. The number of aliphatic carboxylic acids is 1. The molecule has 0 radical (unpaired) electrons. The van der Waals surface area contributed by atoms with Crippen LogP contribution in [-0.2, 0) is 47.5 Å². The Labute approximate surface area is 483 Å². The quantitative estimate of drug-likeness (QED) is 0.0584. The standard InChI is InChI=1S/C58H94O25/c1-9-24(2)35(65)27-17-57(8)25(26-16-53(3,4)18-33(64)58(26,27)23-62)10-11-32-54(5)14-13-34(55(6,22-61)31(54)12-15-56(32,57)7)79-52-47(83-50-42(72)40(70)38(68)30(20-60)78-50)44(43(73)45(81-52)48(74)75)80-51-46(36(66)28(63)21-76-51)82-49-41(71)39(69)37(67)29(19-59)77-49/h10,24,26-34,36-47,49-52,59-64,66-73H,9,11-23H2,1-8H3,(H,74,75)/t24?,26-,27-,28-,29+,30+,31+,32+,33-,34-,36-,37?,38-,39-,40-,41+,42+,43-,44-,45-,46+,47+,49?,50-,51-,52+,54-,55-,56+,57+,58-/m0/s1. The molecule has 0 amide bonds. The Morgan fingerprint density at radius 3 is 1.78 bits per heavy atom. The van der Waals surface area contributed by atoms with Gasteiger partial charge in [-0.2, -0.15) is 0 Å². The van der Waals surface area contributed by atoms with Crippen LogP contribution in [0.4, 0.5) is 0 Å². The molecule has 15 N–H and O–H groups in total. The van der Waals surface area contributed by atoms with Crippen LogP contribution in [0, 0.1) is 62.1 Å². The fourth-order valence-electron chi connectivity index (χ4n) is 17.6. The van der Waals surface area contributed by atoms with E-state index in [4.69, 9.17) is 37.9 Å². The van der Waals surface area contributed by atoms with E-state index in [0.717, 1.165) is 0 Å². The van der Waals surface area contributed by atoms with Gasteiger partial charge in [0.15, 0.2) is 31.3 Å². The van der Waals surface area contributed by atoms with Gasteiger partial charge in [-0.3, -0.25) is 4.79 Å². The van der Waals surface area contributed by atoms with Crippen LogP contribution < -0.4 is 0 Å². The normalized spacial score (nSPS) is 52.9. The third-order valence-electron chi connectivity index (χ3n) is 22.8. The summed E-state index contributed by atoms with van der Waals surface area (Å²) in [5.74, 6) is -3.20. The molecule has 476 valence electrons. The van der Waals surface area contributed by atoms with Crippen LogP contribution in [0.25, 0.3) is 0 Å². The average Bonchev–Trinajstić information content (AvgIpc) is 0.742. The number of fused-ring (bicyclic) bond motifs is 7. The zero-order chi connectivity index (χ0) is 61.0. The molecule has 4 heterocycles. The van der Waals surface area contributed by atoms with Gasteiger partial charge in [-0.25, -0.2) is 4.79 Å². The minimum absolute atomic E-state index is 0.0307. The van der Waals surface area contributed by atoms with Gasteiger partial charge in [0.25, 0.3) is 0 Å². The van der Waals surface area contributed by atoms with E-state index in [-0.39, 0.29) is 47.9 Å². The maximum Gasteiger partial charge on any atom is 0.335 e. The van der Waals surface area contributed by atoms with E-state index in [1.54, 1.807) is 0 Å². The van der Waals surface area contributed by atoms with Gasteiger partial charge in [0.2, 0.25) is 0 Å². The second-order valence-electron chi connectivity index (χ2n) is 27.7. The minimum Gasteiger partial charge on any atom is -0.479 e. The molecule has 0 spiro atoms. The van der Waals surface area contributed by atoms with Gasteiger partial charge in [0.05, 0.1) is 45.2 Å². The van der Waals surface area contributed by atoms with Crippen molar-refractivity contribution in [3.63, 3.8) is 0 Å². The molecule has 83 heavy (non-hydrogen) atoms. The number of Topliss-reactive ketones (excluding diaryl/α,β-unsaturated/α-hetero) is 1. The minimum atomic E-state index is -2.27. The van der Waals surface area contributed by atoms with Crippen LogP contribution in [0.15, 0.2) is 11.6 Å². The molecule has 0 aromatic carbocycles. The van der Waals surface area contributed by atoms with E-state index in [1.807, 2.05) is 20.8 Å². The monoisotopic (exact) mass is 1190 g/mol. The maximum absolute atomic E-state index is 14.8. The highest BCUT2D eigenvalue weighted by Gasteiger charge is 2.73. The maximum atomic E-state index is 14.8. The molecule has 25 nitrogen and oxygen atoms in total. The summed E-state index contributed by atoms with van der Waals surface area (Å²) in [6.07, 6.45) is -31.6. The number of carboxylic acid groups (broad SMARTS) is 1. The number of aliphatic hydroxyl groups excluding tert-OH is 14. The van der Waals surface area contributed by atoms with Crippen molar-refractivity contribution in [1.29, 1.82) is 0 Å². The highest BCUT2D eigenvalue weighted by molar-refractivity contribution is 5.84. The fraction of sp³-hybridized carbons (Fsp3) is 0.931. The van der Waals surface area contributed by atoms with Gasteiger partial charge < -0.3 is 114 Å². The number of rotatable bonds is 16. The molecule has 4 saturated carbocycles. The van der Waals surface area contributed by atoms with Crippen LogP contribution >= 0.6 is 0 Å². The first-order valence-corrected chi connectivity index (χ1v) is 29.8. The van der Waals surface area contributed by atoms with Crippen molar-refractivity contribution in [1.82, 2.24) is 0 Å². The van der Waals surface area contributed by atoms with E-state index in [1.165, 1.54) is 5.57 Å². The summed E-state index contributed by atoms with van der Waals surface area (Å²) < 4.78 is 48.6. The number of hydrogen-bond donors (Lipinski definition) is 15. The zero-order valence-corrected chi connectivity index (χ0v) is 48.8. The molecule has 0 bridgehead atoms. The number of carbonyl (C=O) groups excluding carboxylic acids is 1. The fourth-order valence-corrected chi connectivity index (χ4v) is 17.6. The number of aliphatic hydroxyl groups is 14. The first-order valence-electron chi connectivity index (χ1n) is 29.8. The summed E-state index contributed by atoms with van der Waals surface area (Å²) in [4.78, 5) is 28.0. The average molecular weight is 1190 g/mol. The lowest BCUT2D eigenvalue weighted by Gasteiger charge is -2.73. The summed E-state index contributed by atoms with van der Waals surface area (Å²) >= 11 is 0. The lowest BCUT2D eigenvalue weighted by atomic mass is 9.32. The third-order valence-corrected chi connectivity index (χ3v) is 22.8. The molecule has 25 heteroatoms. The van der Waals surface area contributed by atoms with Crippen molar-refractivity contribution in [2.75, 3.05) is 33.0 Å². The predicted molar refractivity (Wildman–Crippen MR) is 283 cm³/mol. The van der Waals surface area contributed by atoms with E-state index < -0.39 is 194 Å². The summed E-state index contributed by atoms with van der Waals surface area (Å²) in [5.41, 5.74) is -2.82. The highest BCUT2D eigenvalue weighted by Crippen LogP contribution is 2.77. The molecule has 5 aliphatic carbocycles. The number of hydrogen-bond acceptors (Lipinski definition) is 24. The van der Waals surface area contributed by atoms with Crippen molar-refractivity contribution < 1.29 is 124 Å². The van der Waals surface area contributed by atoms with Gasteiger partial charge in [-0.05, 0) is 97.2 Å². The third kappa shape index (κ3) is 10.6. The van der Waals surface area contributed by atoms with Gasteiger partial charge in [0.1, 0.15) is 91.2 Å². The molecule has 31 atom stereocenters. The summed E-state index contributed by atoms with van der Waals surface area (Å²) in [7, 11) is 0. The van der Waals surface area contributed by atoms with E-state index in [0.29, 0.717) is 51.4 Å². The molecule has 4 saturated heterocycles. The molecule has 0 aromatic heterocycles. The van der Waals surface area contributed by atoms with Crippen molar-refractivity contribution >= 4 is 11.8 Å². The molecule has 9 rings (SSSR count). The number of carboxylic acids is 1. The Kier molecular flexibility index (Phi) is 19.0. The number of ether oxygens (including phenoxy) is 8. The van der Waals surface area contributed by atoms with Crippen molar-refractivity contribution in [3.05, 3.63) is 11.6 Å². The summed E-state index contributed by atoms with van der Waals surface area (Å²) in [6.45, 7) is 13.6. The van der Waals surface area contributed by atoms with Crippen LogP contribution in [0.3, 0.4) is 0 Å². The second-order valence-corrected chi connectivity index (χ2v) is 27.7. The molecular formula is C58H94O25. The Morgan fingerprint density at radius 2 is 1.23 bits per heavy atom. The highest BCUT2D eigenvalue weighted by atomic mass is 16.8. The van der Waals surface area contributed by atoms with Crippen molar-refractivity contribution in [2.24, 2.45) is 62.1 Å². The van der Waals surface area contributed by atoms with Gasteiger partial charge in [-0.1, -0.05) is 67.0 Å². The Morgan fingerprint density at radius 1 is 0.639 bits per heavy atom. The summed E-state index contributed by atoms with van der Waals surface area (Å²) in [5, 5.41) is 166. The SMILES string of the molecule is CCC(C)C(=O)[C@@H]1C[C@]2(C)C(=CC[C@@H]3[C@@]4(C)CC[C@H](O[C@@H]5O[C@H](C(=O)O)[C@@H](O)[C@H](O[C@@H]6OC[C@H](O)[C@H](O)[C@H]6OC6O[C@H](CO)C(O)[C@H](O)[C@H]6O)[C@H]5O[C@@H]5O[C@H](CO)[C@H](O)[C@H](O)[C@H]5O)[C@@](C)(CO)[C@@H]4CC[C@]32C)[C@@H]2CC(C)(C)C[C@H](O)[C@]12CO. The first-order chi connectivity index (χ1) is 38.9. The lowest BCUT2D eigenvalue weighted by molar-refractivity contribution is -0.401.